The average molecular weight is 400 g/mol. The lowest BCUT2D eigenvalue weighted by molar-refractivity contribution is -0.384. The largest absolute Gasteiger partial charge is 0.478 e. The summed E-state index contributed by atoms with van der Waals surface area (Å²) in [5.74, 6) is -1.24. The first-order valence-corrected chi connectivity index (χ1v) is 7.75. The normalized spacial score (nSPS) is 10.3. The van der Waals surface area contributed by atoms with Gasteiger partial charge in [-0.15, -0.1) is 0 Å². The Bertz CT molecular complexity index is 732. The first kappa shape index (κ1) is 17.2. The van der Waals surface area contributed by atoms with Gasteiger partial charge >= 0.3 is 5.97 Å². The lowest BCUT2D eigenvalue weighted by atomic mass is 10.1. The summed E-state index contributed by atoms with van der Waals surface area (Å²) in [6, 6.07) is 9.84. The molecule has 2 N–H and O–H groups in total. The molecule has 0 radical (unpaired) electrons. The molecule has 0 spiro atoms. The minimum atomic E-state index is -1.24. The highest BCUT2D eigenvalue weighted by Gasteiger charge is 2.22. The Balaban J connectivity index is 2.26. The van der Waals surface area contributed by atoms with Gasteiger partial charge in [0.2, 0.25) is 0 Å². The van der Waals surface area contributed by atoms with Gasteiger partial charge in [0, 0.05) is 22.1 Å². The van der Waals surface area contributed by atoms with E-state index in [1.54, 1.807) is 12.1 Å². The number of carbonyl (C=O) groups is 1. The molecule has 0 amide bonds. The average Bonchev–Trinajstić information content (AvgIpc) is 2.49. The van der Waals surface area contributed by atoms with Crippen LogP contribution in [0.1, 0.15) is 15.9 Å². The lowest BCUT2D eigenvalue weighted by Gasteiger charge is -2.11. The van der Waals surface area contributed by atoms with Gasteiger partial charge in [-0.1, -0.05) is 45.7 Å². The van der Waals surface area contributed by atoms with E-state index in [0.29, 0.717) is 22.5 Å². The van der Waals surface area contributed by atoms with Crippen molar-refractivity contribution in [2.24, 2.45) is 0 Å². The zero-order chi connectivity index (χ0) is 17.0. The molecule has 0 aliphatic rings. The van der Waals surface area contributed by atoms with Crippen molar-refractivity contribution >= 4 is 44.9 Å². The van der Waals surface area contributed by atoms with Gasteiger partial charge in [0.15, 0.2) is 0 Å². The van der Waals surface area contributed by atoms with Gasteiger partial charge < -0.3 is 10.4 Å². The number of nitrogens with one attached hydrogen (secondary N) is 1. The summed E-state index contributed by atoms with van der Waals surface area (Å²) < 4.78 is 0.332. The second-order valence-electron chi connectivity index (χ2n) is 4.68. The third-order valence-electron chi connectivity index (χ3n) is 3.16. The molecule has 0 aromatic heterocycles. The number of nitro groups is 1. The van der Waals surface area contributed by atoms with Gasteiger partial charge in [0.1, 0.15) is 5.69 Å². The Morgan fingerprint density at radius 1 is 1.35 bits per heavy atom. The van der Waals surface area contributed by atoms with E-state index in [0.717, 1.165) is 5.56 Å². The van der Waals surface area contributed by atoms with Gasteiger partial charge in [-0.05, 0) is 24.1 Å². The highest BCUT2D eigenvalue weighted by Crippen LogP contribution is 2.32. The Labute approximate surface area is 145 Å². The molecule has 2 aromatic rings. The molecular weight excluding hydrogens is 388 g/mol. The maximum Gasteiger partial charge on any atom is 0.338 e. The third kappa shape index (κ3) is 4.20. The Kier molecular flexibility index (Phi) is 5.57. The molecule has 0 saturated carbocycles. The molecule has 2 rings (SSSR count). The van der Waals surface area contributed by atoms with Crippen molar-refractivity contribution in [3.05, 3.63) is 67.1 Å². The number of rotatable bonds is 6. The van der Waals surface area contributed by atoms with Gasteiger partial charge in [0.25, 0.3) is 5.69 Å². The molecule has 0 unspecified atom stereocenters. The quantitative estimate of drug-likeness (QED) is 0.556. The van der Waals surface area contributed by atoms with Crippen molar-refractivity contribution in [1.29, 1.82) is 0 Å². The van der Waals surface area contributed by atoms with E-state index in [4.69, 9.17) is 11.6 Å². The zero-order valence-electron chi connectivity index (χ0n) is 11.8. The number of nitro benzene ring substituents is 1. The van der Waals surface area contributed by atoms with Crippen LogP contribution >= 0.6 is 27.5 Å². The Morgan fingerprint density at radius 3 is 2.65 bits per heavy atom. The fourth-order valence-electron chi connectivity index (χ4n) is 2.11. The van der Waals surface area contributed by atoms with Gasteiger partial charge in [-0.2, -0.15) is 0 Å². The highest BCUT2D eigenvalue weighted by atomic mass is 79.9. The molecule has 0 heterocycles. The van der Waals surface area contributed by atoms with Crippen LogP contribution in [-0.2, 0) is 6.42 Å². The van der Waals surface area contributed by atoms with Gasteiger partial charge in [-0.3, -0.25) is 10.1 Å². The number of benzene rings is 2. The zero-order valence-corrected chi connectivity index (χ0v) is 14.1. The lowest BCUT2D eigenvalue weighted by Crippen LogP contribution is -2.12. The molecule has 2 aromatic carbocycles. The molecular formula is C15H12BrClN2O4. The summed E-state index contributed by atoms with van der Waals surface area (Å²) >= 11 is 9.14. The van der Waals surface area contributed by atoms with Gasteiger partial charge in [0.05, 0.1) is 10.5 Å². The van der Waals surface area contributed by atoms with Crippen molar-refractivity contribution < 1.29 is 14.8 Å². The number of nitrogens with zero attached hydrogens (tertiary/aromatic N) is 1. The molecule has 0 aliphatic heterocycles. The minimum absolute atomic E-state index is 0.0160. The first-order valence-electron chi connectivity index (χ1n) is 6.58. The summed E-state index contributed by atoms with van der Waals surface area (Å²) in [6.45, 7) is 0.312. The highest BCUT2D eigenvalue weighted by molar-refractivity contribution is 9.10. The monoisotopic (exact) mass is 398 g/mol. The summed E-state index contributed by atoms with van der Waals surface area (Å²) in [7, 11) is 0. The number of hydrogen-bond donors (Lipinski definition) is 2. The van der Waals surface area contributed by atoms with Crippen molar-refractivity contribution in [2.75, 3.05) is 11.9 Å². The standard InChI is InChI=1S/C15H12BrClN2O4/c16-10-7-11(15(20)21)14(13(8-10)19(22)23)18-6-5-9-3-1-2-4-12(9)17/h1-4,7-8,18H,5-6H2,(H,20,21). The van der Waals surface area contributed by atoms with Crippen LogP contribution in [0.2, 0.25) is 5.02 Å². The van der Waals surface area contributed by atoms with E-state index in [1.165, 1.54) is 12.1 Å². The smallest absolute Gasteiger partial charge is 0.338 e. The predicted octanol–water partition coefficient (Wildman–Crippen LogP) is 4.36. The predicted molar refractivity (Wildman–Crippen MR) is 91.4 cm³/mol. The minimum Gasteiger partial charge on any atom is -0.478 e. The topological polar surface area (TPSA) is 92.5 Å². The fraction of sp³-hybridized carbons (Fsp3) is 0.133. The fourth-order valence-corrected chi connectivity index (χ4v) is 2.79. The summed E-state index contributed by atoms with van der Waals surface area (Å²) in [4.78, 5) is 21.9. The summed E-state index contributed by atoms with van der Waals surface area (Å²) in [5.41, 5.74) is 0.400. The van der Waals surface area contributed by atoms with Crippen LogP contribution in [0, 0.1) is 10.1 Å². The van der Waals surface area contributed by atoms with Crippen LogP contribution in [0.25, 0.3) is 0 Å². The van der Waals surface area contributed by atoms with Crippen LogP contribution in [0.3, 0.4) is 0 Å². The molecule has 23 heavy (non-hydrogen) atoms. The number of anilines is 1. The molecule has 0 saturated heterocycles. The second-order valence-corrected chi connectivity index (χ2v) is 6.00. The SMILES string of the molecule is O=C(O)c1cc(Br)cc([N+](=O)[O-])c1NCCc1ccccc1Cl. The maximum atomic E-state index is 11.3. The van der Waals surface area contributed by atoms with E-state index >= 15 is 0 Å². The van der Waals surface area contributed by atoms with Crippen molar-refractivity contribution in [2.45, 2.75) is 6.42 Å². The molecule has 6 nitrogen and oxygen atoms in total. The molecule has 0 bridgehead atoms. The van der Waals surface area contributed by atoms with Gasteiger partial charge in [-0.25, -0.2) is 4.79 Å². The van der Waals surface area contributed by atoms with Crippen LogP contribution in [-0.4, -0.2) is 22.5 Å². The van der Waals surface area contributed by atoms with E-state index in [9.17, 15) is 20.0 Å². The van der Waals surface area contributed by atoms with Crippen molar-refractivity contribution in [3.8, 4) is 0 Å². The number of carboxylic acids is 1. The van der Waals surface area contributed by atoms with E-state index in [2.05, 4.69) is 21.2 Å². The van der Waals surface area contributed by atoms with Crippen molar-refractivity contribution in [1.82, 2.24) is 0 Å². The van der Waals surface area contributed by atoms with Crippen LogP contribution in [0.4, 0.5) is 11.4 Å². The third-order valence-corrected chi connectivity index (χ3v) is 3.99. The van der Waals surface area contributed by atoms with E-state index in [-0.39, 0.29) is 16.9 Å². The molecule has 0 atom stereocenters. The summed E-state index contributed by atoms with van der Waals surface area (Å²) in [5, 5.41) is 23.9. The first-order chi connectivity index (χ1) is 10.9. The van der Waals surface area contributed by atoms with E-state index in [1.807, 2.05) is 12.1 Å². The maximum absolute atomic E-state index is 11.3. The number of hydrogen-bond acceptors (Lipinski definition) is 4. The van der Waals surface area contributed by atoms with Crippen LogP contribution in [0.5, 0.6) is 0 Å². The number of carboxylic acid groups (broad SMARTS) is 1. The van der Waals surface area contributed by atoms with Crippen LogP contribution in [0.15, 0.2) is 40.9 Å². The number of halogens is 2. The molecule has 120 valence electrons. The molecule has 8 heteroatoms. The Morgan fingerprint density at radius 2 is 2.04 bits per heavy atom. The van der Waals surface area contributed by atoms with Crippen LogP contribution < -0.4 is 5.32 Å². The molecule has 0 aliphatic carbocycles. The molecule has 0 fully saturated rings. The second kappa shape index (κ2) is 7.43. The number of aromatic carboxylic acids is 1. The van der Waals surface area contributed by atoms with E-state index < -0.39 is 10.9 Å². The summed E-state index contributed by atoms with van der Waals surface area (Å²) in [6.07, 6.45) is 0.506. The van der Waals surface area contributed by atoms with Crippen molar-refractivity contribution in [3.63, 3.8) is 0 Å². The Hall–Kier alpha value is -2.12.